The van der Waals surface area contributed by atoms with Crippen LogP contribution in [0.25, 0.3) is 0 Å². The average molecular weight is 286 g/mol. The van der Waals surface area contributed by atoms with Crippen molar-refractivity contribution in [3.05, 3.63) is 35.9 Å². The van der Waals surface area contributed by atoms with E-state index >= 15 is 0 Å². The van der Waals surface area contributed by atoms with E-state index in [1.807, 2.05) is 0 Å². The molecule has 1 unspecified atom stereocenters. The fraction of sp³-hybridized carbons (Fsp3) is 0.611. The van der Waals surface area contributed by atoms with E-state index in [4.69, 9.17) is 0 Å². The van der Waals surface area contributed by atoms with E-state index < -0.39 is 0 Å². The van der Waals surface area contributed by atoms with Crippen molar-refractivity contribution in [3.63, 3.8) is 0 Å². The van der Waals surface area contributed by atoms with Gasteiger partial charge in [0.15, 0.2) is 0 Å². The standard InChI is InChI=1S/C18H26N2O/c1-19-11-12-20(14-18(21)16-9-5-6-10-16)17(13-19)15-7-3-2-4-8-15/h2-4,7-8,16-17H,5-6,9-14H2,1H3. The highest BCUT2D eigenvalue weighted by molar-refractivity contribution is 5.83. The zero-order valence-electron chi connectivity index (χ0n) is 13.0. The van der Waals surface area contributed by atoms with Gasteiger partial charge < -0.3 is 4.90 Å². The maximum atomic E-state index is 12.5. The Morgan fingerprint density at radius 2 is 1.86 bits per heavy atom. The van der Waals surface area contributed by atoms with Crippen LogP contribution < -0.4 is 0 Å². The van der Waals surface area contributed by atoms with Crippen LogP contribution in [0.5, 0.6) is 0 Å². The van der Waals surface area contributed by atoms with E-state index in [1.165, 1.54) is 18.4 Å². The first-order valence-corrected chi connectivity index (χ1v) is 8.24. The first-order chi connectivity index (χ1) is 10.2. The lowest BCUT2D eigenvalue weighted by molar-refractivity contribution is -0.125. The van der Waals surface area contributed by atoms with Crippen LogP contribution in [0.4, 0.5) is 0 Å². The van der Waals surface area contributed by atoms with E-state index in [9.17, 15) is 4.79 Å². The number of nitrogens with zero attached hydrogens (tertiary/aromatic N) is 2. The van der Waals surface area contributed by atoms with Crippen LogP contribution in [-0.2, 0) is 4.79 Å². The van der Waals surface area contributed by atoms with Crippen molar-refractivity contribution in [1.82, 2.24) is 9.80 Å². The molecule has 21 heavy (non-hydrogen) atoms. The van der Waals surface area contributed by atoms with Gasteiger partial charge in [-0.3, -0.25) is 9.69 Å². The molecule has 2 fully saturated rings. The summed E-state index contributed by atoms with van der Waals surface area (Å²) in [6, 6.07) is 11.0. The molecule has 1 heterocycles. The first kappa shape index (κ1) is 14.7. The Morgan fingerprint density at radius 3 is 2.57 bits per heavy atom. The van der Waals surface area contributed by atoms with E-state index in [0.29, 0.717) is 24.3 Å². The van der Waals surface area contributed by atoms with Crippen molar-refractivity contribution in [2.45, 2.75) is 31.7 Å². The molecule has 1 aromatic carbocycles. The molecule has 1 atom stereocenters. The molecule has 0 N–H and O–H groups in total. The molecule has 0 aromatic heterocycles. The molecule has 0 bridgehead atoms. The minimum absolute atomic E-state index is 0.334. The Kier molecular flexibility index (Phi) is 4.71. The minimum Gasteiger partial charge on any atom is -0.303 e. The first-order valence-electron chi connectivity index (χ1n) is 8.24. The fourth-order valence-corrected chi connectivity index (χ4v) is 3.71. The molecule has 1 saturated carbocycles. The molecular weight excluding hydrogens is 260 g/mol. The normalized spacial score (nSPS) is 25.3. The molecule has 1 aliphatic heterocycles. The van der Waals surface area contributed by atoms with Gasteiger partial charge in [-0.1, -0.05) is 43.2 Å². The molecule has 1 aliphatic carbocycles. The summed E-state index contributed by atoms with van der Waals surface area (Å²) in [6.45, 7) is 3.70. The molecule has 114 valence electrons. The van der Waals surface area contributed by atoms with E-state index in [2.05, 4.69) is 47.2 Å². The fourth-order valence-electron chi connectivity index (χ4n) is 3.71. The summed E-state index contributed by atoms with van der Waals surface area (Å²) in [5.74, 6) is 0.805. The predicted octanol–water partition coefficient (Wildman–Crippen LogP) is 2.73. The Labute approximate surface area is 127 Å². The van der Waals surface area contributed by atoms with Crippen molar-refractivity contribution in [1.29, 1.82) is 0 Å². The summed E-state index contributed by atoms with van der Waals surface area (Å²) in [5, 5.41) is 0. The molecule has 3 nitrogen and oxygen atoms in total. The topological polar surface area (TPSA) is 23.6 Å². The average Bonchev–Trinajstić information content (AvgIpc) is 3.04. The quantitative estimate of drug-likeness (QED) is 0.850. The lowest BCUT2D eigenvalue weighted by atomic mass is 9.98. The summed E-state index contributed by atoms with van der Waals surface area (Å²) in [5.41, 5.74) is 1.34. The molecule has 3 rings (SSSR count). The van der Waals surface area contributed by atoms with E-state index in [1.54, 1.807) is 0 Å². The largest absolute Gasteiger partial charge is 0.303 e. The predicted molar refractivity (Wildman–Crippen MR) is 85.2 cm³/mol. The monoisotopic (exact) mass is 286 g/mol. The van der Waals surface area contributed by atoms with Gasteiger partial charge in [0.2, 0.25) is 0 Å². The number of likely N-dealkylation sites (N-methyl/N-ethyl adjacent to an activating group) is 1. The Morgan fingerprint density at radius 1 is 1.14 bits per heavy atom. The SMILES string of the molecule is CN1CCN(CC(=O)C2CCCC2)C(c2ccccc2)C1. The van der Waals surface area contributed by atoms with Gasteiger partial charge in [0, 0.05) is 31.6 Å². The smallest absolute Gasteiger partial charge is 0.149 e. The molecule has 1 saturated heterocycles. The Bertz CT molecular complexity index is 467. The van der Waals surface area contributed by atoms with Crippen molar-refractivity contribution in [2.75, 3.05) is 33.2 Å². The zero-order valence-corrected chi connectivity index (χ0v) is 13.0. The third-order valence-electron chi connectivity index (χ3n) is 5.05. The molecular formula is C18H26N2O. The molecule has 1 aromatic rings. The van der Waals surface area contributed by atoms with Crippen molar-refractivity contribution in [2.24, 2.45) is 5.92 Å². The summed E-state index contributed by atoms with van der Waals surface area (Å²) < 4.78 is 0. The van der Waals surface area contributed by atoms with Gasteiger partial charge in [0.05, 0.1) is 6.54 Å². The number of carbonyl (C=O) groups excluding carboxylic acids is 1. The number of Topliss-reactive ketones (excluding diaryl/α,β-unsaturated/α-hetero) is 1. The summed E-state index contributed by atoms with van der Waals surface area (Å²) in [4.78, 5) is 17.3. The maximum absolute atomic E-state index is 12.5. The van der Waals surface area contributed by atoms with Gasteiger partial charge in [-0.2, -0.15) is 0 Å². The third kappa shape index (κ3) is 3.53. The number of benzene rings is 1. The number of hydrogen-bond acceptors (Lipinski definition) is 3. The second-order valence-corrected chi connectivity index (χ2v) is 6.61. The van der Waals surface area contributed by atoms with Crippen molar-refractivity contribution < 1.29 is 4.79 Å². The lowest BCUT2D eigenvalue weighted by Gasteiger charge is -2.40. The molecule has 3 heteroatoms. The number of piperazine rings is 1. The van der Waals surface area contributed by atoms with Crippen LogP contribution in [0.3, 0.4) is 0 Å². The minimum atomic E-state index is 0.334. The molecule has 0 amide bonds. The number of rotatable bonds is 4. The number of hydrogen-bond donors (Lipinski definition) is 0. The zero-order chi connectivity index (χ0) is 14.7. The van der Waals surface area contributed by atoms with E-state index in [0.717, 1.165) is 32.5 Å². The summed E-state index contributed by atoms with van der Waals surface area (Å²) in [7, 11) is 2.17. The van der Waals surface area contributed by atoms with Gasteiger partial charge in [0.25, 0.3) is 0 Å². The number of ketones is 1. The molecule has 0 spiro atoms. The van der Waals surface area contributed by atoms with Crippen LogP contribution >= 0.6 is 0 Å². The highest BCUT2D eigenvalue weighted by Crippen LogP contribution is 2.28. The number of carbonyl (C=O) groups is 1. The van der Waals surface area contributed by atoms with Gasteiger partial charge >= 0.3 is 0 Å². The summed E-state index contributed by atoms with van der Waals surface area (Å²) in [6.07, 6.45) is 4.70. The van der Waals surface area contributed by atoms with Gasteiger partial charge in [0.1, 0.15) is 5.78 Å². The van der Waals surface area contributed by atoms with Gasteiger partial charge in [-0.05, 0) is 25.5 Å². The van der Waals surface area contributed by atoms with Gasteiger partial charge in [-0.25, -0.2) is 0 Å². The molecule has 0 radical (unpaired) electrons. The van der Waals surface area contributed by atoms with E-state index in [-0.39, 0.29) is 0 Å². The Hall–Kier alpha value is -1.19. The lowest BCUT2D eigenvalue weighted by Crippen LogP contribution is -2.49. The van der Waals surface area contributed by atoms with Crippen LogP contribution in [-0.4, -0.2) is 48.8 Å². The Balaban J connectivity index is 1.70. The van der Waals surface area contributed by atoms with Gasteiger partial charge in [-0.15, -0.1) is 0 Å². The molecule has 2 aliphatic rings. The second kappa shape index (κ2) is 6.71. The second-order valence-electron chi connectivity index (χ2n) is 6.61. The van der Waals surface area contributed by atoms with Crippen LogP contribution in [0.2, 0.25) is 0 Å². The van der Waals surface area contributed by atoms with Crippen molar-refractivity contribution in [3.8, 4) is 0 Å². The summed E-state index contributed by atoms with van der Waals surface area (Å²) >= 11 is 0. The van der Waals surface area contributed by atoms with Crippen LogP contribution in [0.1, 0.15) is 37.3 Å². The van der Waals surface area contributed by atoms with Crippen LogP contribution in [0.15, 0.2) is 30.3 Å². The highest BCUT2D eigenvalue weighted by atomic mass is 16.1. The maximum Gasteiger partial charge on any atom is 0.149 e. The van der Waals surface area contributed by atoms with Crippen molar-refractivity contribution >= 4 is 5.78 Å². The third-order valence-corrected chi connectivity index (χ3v) is 5.05. The highest BCUT2D eigenvalue weighted by Gasteiger charge is 2.30. The van der Waals surface area contributed by atoms with Crippen LogP contribution in [0, 0.1) is 5.92 Å².